The fourth-order valence-corrected chi connectivity index (χ4v) is 1.79. The van der Waals surface area contributed by atoms with E-state index in [1.165, 1.54) is 43.6 Å². The van der Waals surface area contributed by atoms with Crippen molar-refractivity contribution in [1.82, 2.24) is 4.37 Å². The number of hydrogen-bond donors (Lipinski definition) is 0. The summed E-state index contributed by atoms with van der Waals surface area (Å²) >= 11 is 1.44. The van der Waals surface area contributed by atoms with Crippen molar-refractivity contribution < 1.29 is 4.74 Å². The molecular weight excluding hydrogens is 194 g/mol. The topological polar surface area (TPSA) is 22.1 Å². The SMILES string of the molecule is CCCCCCCCOc1ccsn1. The second-order valence-electron chi connectivity index (χ2n) is 3.45. The van der Waals surface area contributed by atoms with Crippen LogP contribution in [0.15, 0.2) is 11.4 Å². The van der Waals surface area contributed by atoms with Crippen LogP contribution in [0.25, 0.3) is 0 Å². The quantitative estimate of drug-likeness (QED) is 0.611. The molecule has 0 spiro atoms. The van der Waals surface area contributed by atoms with E-state index < -0.39 is 0 Å². The zero-order valence-electron chi connectivity index (χ0n) is 8.87. The Bertz CT molecular complexity index is 211. The van der Waals surface area contributed by atoms with Gasteiger partial charge >= 0.3 is 0 Å². The van der Waals surface area contributed by atoms with Crippen molar-refractivity contribution in [1.29, 1.82) is 0 Å². The lowest BCUT2D eigenvalue weighted by molar-refractivity contribution is 0.296. The van der Waals surface area contributed by atoms with E-state index in [0.29, 0.717) is 0 Å². The van der Waals surface area contributed by atoms with Gasteiger partial charge in [0.05, 0.1) is 6.61 Å². The number of ether oxygens (including phenoxy) is 1. The number of unbranched alkanes of at least 4 members (excludes halogenated alkanes) is 5. The lowest BCUT2D eigenvalue weighted by Crippen LogP contribution is -1.96. The van der Waals surface area contributed by atoms with Crippen molar-refractivity contribution in [2.75, 3.05) is 6.61 Å². The fourth-order valence-electron chi connectivity index (χ4n) is 1.34. The maximum absolute atomic E-state index is 5.45. The molecule has 1 heterocycles. The van der Waals surface area contributed by atoms with Gasteiger partial charge in [0.15, 0.2) is 0 Å². The number of aromatic nitrogens is 1. The van der Waals surface area contributed by atoms with Crippen molar-refractivity contribution in [2.24, 2.45) is 0 Å². The summed E-state index contributed by atoms with van der Waals surface area (Å²) in [4.78, 5) is 0. The molecular formula is C11H19NOS. The zero-order chi connectivity index (χ0) is 10.1. The van der Waals surface area contributed by atoms with Crippen LogP contribution >= 0.6 is 11.5 Å². The molecule has 0 amide bonds. The molecule has 0 saturated carbocycles. The molecule has 0 N–H and O–H groups in total. The highest BCUT2D eigenvalue weighted by Crippen LogP contribution is 2.10. The Morgan fingerprint density at radius 2 is 2.00 bits per heavy atom. The van der Waals surface area contributed by atoms with Crippen LogP contribution in [0.5, 0.6) is 5.88 Å². The standard InChI is InChI=1S/C11H19NOS/c1-2-3-4-5-6-7-9-13-11-8-10-14-12-11/h8,10H,2-7,9H2,1H3. The Balaban J connectivity index is 1.85. The van der Waals surface area contributed by atoms with Crippen molar-refractivity contribution in [3.05, 3.63) is 11.4 Å². The number of hydrogen-bond acceptors (Lipinski definition) is 3. The summed E-state index contributed by atoms with van der Waals surface area (Å²) in [5, 5.41) is 1.94. The fraction of sp³-hybridized carbons (Fsp3) is 0.727. The summed E-state index contributed by atoms with van der Waals surface area (Å²) in [7, 11) is 0. The van der Waals surface area contributed by atoms with Gasteiger partial charge in [-0.1, -0.05) is 39.0 Å². The average molecular weight is 213 g/mol. The predicted molar refractivity (Wildman–Crippen MR) is 61.0 cm³/mol. The van der Waals surface area contributed by atoms with Crippen LogP contribution in [0.2, 0.25) is 0 Å². The van der Waals surface area contributed by atoms with Crippen molar-refractivity contribution in [3.8, 4) is 5.88 Å². The van der Waals surface area contributed by atoms with Crippen molar-refractivity contribution in [3.63, 3.8) is 0 Å². The Labute approximate surface area is 90.5 Å². The highest BCUT2D eigenvalue weighted by molar-refractivity contribution is 7.03. The summed E-state index contributed by atoms with van der Waals surface area (Å²) in [5.41, 5.74) is 0. The van der Waals surface area contributed by atoms with Gasteiger partial charge in [-0.25, -0.2) is 0 Å². The van der Waals surface area contributed by atoms with Crippen LogP contribution < -0.4 is 4.74 Å². The molecule has 1 rings (SSSR count). The average Bonchev–Trinajstić information content (AvgIpc) is 2.69. The highest BCUT2D eigenvalue weighted by atomic mass is 32.1. The van der Waals surface area contributed by atoms with E-state index in [1.54, 1.807) is 0 Å². The second-order valence-corrected chi connectivity index (χ2v) is 4.12. The summed E-state index contributed by atoms with van der Waals surface area (Å²) in [5.74, 6) is 0.781. The van der Waals surface area contributed by atoms with Gasteiger partial charge in [0, 0.05) is 11.4 Å². The molecule has 80 valence electrons. The Hall–Kier alpha value is -0.570. The molecule has 2 nitrogen and oxygen atoms in total. The first kappa shape index (κ1) is 11.5. The maximum Gasteiger partial charge on any atom is 0.225 e. The summed E-state index contributed by atoms with van der Waals surface area (Å²) in [6, 6.07) is 1.92. The molecule has 0 atom stereocenters. The molecule has 0 saturated heterocycles. The summed E-state index contributed by atoms with van der Waals surface area (Å²) < 4.78 is 9.53. The molecule has 14 heavy (non-hydrogen) atoms. The molecule has 0 fully saturated rings. The molecule has 0 aliphatic heterocycles. The zero-order valence-corrected chi connectivity index (χ0v) is 9.68. The van der Waals surface area contributed by atoms with Gasteiger partial charge < -0.3 is 4.74 Å². The third-order valence-corrected chi connectivity index (χ3v) is 2.71. The van der Waals surface area contributed by atoms with E-state index in [4.69, 9.17) is 4.74 Å². The summed E-state index contributed by atoms with van der Waals surface area (Å²) in [6.45, 7) is 3.06. The van der Waals surface area contributed by atoms with Gasteiger partial charge in [0.2, 0.25) is 5.88 Å². The molecule has 0 bridgehead atoms. The maximum atomic E-state index is 5.45. The van der Waals surface area contributed by atoms with E-state index in [1.807, 2.05) is 11.4 Å². The monoisotopic (exact) mass is 213 g/mol. The lowest BCUT2D eigenvalue weighted by Gasteiger charge is -2.02. The Kier molecular flexibility index (Phi) is 6.41. The first-order valence-electron chi connectivity index (χ1n) is 5.46. The van der Waals surface area contributed by atoms with E-state index in [-0.39, 0.29) is 0 Å². The first-order chi connectivity index (χ1) is 6.93. The van der Waals surface area contributed by atoms with Crippen LogP contribution in [0.1, 0.15) is 45.4 Å². The molecule has 0 radical (unpaired) electrons. The number of nitrogens with zero attached hydrogens (tertiary/aromatic N) is 1. The number of rotatable bonds is 8. The van der Waals surface area contributed by atoms with E-state index >= 15 is 0 Å². The van der Waals surface area contributed by atoms with Crippen LogP contribution in [-0.4, -0.2) is 11.0 Å². The van der Waals surface area contributed by atoms with Gasteiger partial charge in [0.1, 0.15) is 0 Å². The minimum Gasteiger partial charge on any atom is -0.477 e. The van der Waals surface area contributed by atoms with E-state index in [2.05, 4.69) is 11.3 Å². The van der Waals surface area contributed by atoms with Crippen LogP contribution in [0.4, 0.5) is 0 Å². The predicted octanol–water partition coefficient (Wildman–Crippen LogP) is 3.88. The van der Waals surface area contributed by atoms with Crippen LogP contribution in [0.3, 0.4) is 0 Å². The smallest absolute Gasteiger partial charge is 0.225 e. The van der Waals surface area contributed by atoms with E-state index in [9.17, 15) is 0 Å². The lowest BCUT2D eigenvalue weighted by atomic mass is 10.1. The van der Waals surface area contributed by atoms with Gasteiger partial charge in [-0.05, 0) is 18.0 Å². The van der Waals surface area contributed by atoms with Crippen molar-refractivity contribution >= 4 is 11.5 Å². The van der Waals surface area contributed by atoms with Crippen LogP contribution in [-0.2, 0) is 0 Å². The molecule has 0 aromatic carbocycles. The molecule has 0 aliphatic rings. The van der Waals surface area contributed by atoms with Gasteiger partial charge in [-0.15, -0.1) is 0 Å². The molecule has 1 aromatic rings. The molecule has 0 unspecified atom stereocenters. The highest BCUT2D eigenvalue weighted by Gasteiger charge is 1.94. The van der Waals surface area contributed by atoms with E-state index in [0.717, 1.165) is 18.9 Å². The van der Waals surface area contributed by atoms with Gasteiger partial charge in [-0.3, -0.25) is 0 Å². The molecule has 0 aliphatic carbocycles. The molecule has 3 heteroatoms. The van der Waals surface area contributed by atoms with Gasteiger partial charge in [0.25, 0.3) is 0 Å². The van der Waals surface area contributed by atoms with Gasteiger partial charge in [-0.2, -0.15) is 4.37 Å². The third kappa shape index (κ3) is 5.22. The first-order valence-corrected chi connectivity index (χ1v) is 6.30. The Morgan fingerprint density at radius 1 is 1.21 bits per heavy atom. The van der Waals surface area contributed by atoms with Crippen molar-refractivity contribution in [2.45, 2.75) is 45.4 Å². The third-order valence-electron chi connectivity index (χ3n) is 2.16. The Morgan fingerprint density at radius 3 is 2.71 bits per heavy atom. The van der Waals surface area contributed by atoms with Crippen LogP contribution in [0, 0.1) is 0 Å². The minimum absolute atomic E-state index is 0.781. The molecule has 1 aromatic heterocycles. The minimum atomic E-state index is 0.781. The summed E-state index contributed by atoms with van der Waals surface area (Å²) in [6.07, 6.45) is 7.83. The second kappa shape index (κ2) is 7.80. The largest absolute Gasteiger partial charge is 0.477 e. The normalized spacial score (nSPS) is 10.4.